The Hall–Kier alpha value is -1.32. The molecule has 2 aromatic rings. The lowest BCUT2D eigenvalue weighted by Gasteiger charge is -2.09. The normalized spacial score (nSPS) is 12.4. The van der Waals surface area contributed by atoms with Crippen LogP contribution in [0.15, 0.2) is 42.9 Å². The number of carbonyl (C=O) groups is 1. The molecule has 2 rings (SSSR count). The van der Waals surface area contributed by atoms with E-state index in [4.69, 9.17) is 23.2 Å². The Balaban J connectivity index is 2.23. The fourth-order valence-electron chi connectivity index (χ4n) is 1.31. The Morgan fingerprint density at radius 1 is 1.31 bits per heavy atom. The van der Waals surface area contributed by atoms with Gasteiger partial charge in [-0.3, -0.25) is 4.79 Å². The van der Waals surface area contributed by atoms with Gasteiger partial charge in [0.05, 0.1) is 6.33 Å². The van der Waals surface area contributed by atoms with Crippen molar-refractivity contribution in [2.24, 2.45) is 0 Å². The van der Waals surface area contributed by atoms with Crippen LogP contribution in [0, 0.1) is 0 Å². The summed E-state index contributed by atoms with van der Waals surface area (Å²) in [4.78, 5) is 15.7. The topological polar surface area (TPSA) is 34.9 Å². The second-order valence-corrected chi connectivity index (χ2v) is 4.01. The highest BCUT2D eigenvalue weighted by Gasteiger charge is 2.18. The quantitative estimate of drug-likeness (QED) is 0.623. The average molecular weight is 255 g/mol. The van der Waals surface area contributed by atoms with Crippen LogP contribution < -0.4 is 0 Å². The van der Waals surface area contributed by atoms with Gasteiger partial charge in [-0.25, -0.2) is 4.98 Å². The molecule has 0 fully saturated rings. The summed E-state index contributed by atoms with van der Waals surface area (Å²) in [5, 5.41) is 0.312. The molecule has 0 radical (unpaired) electrons. The predicted molar refractivity (Wildman–Crippen MR) is 62.9 cm³/mol. The number of imidazole rings is 1. The van der Waals surface area contributed by atoms with E-state index in [2.05, 4.69) is 4.98 Å². The highest BCUT2D eigenvalue weighted by molar-refractivity contribution is 6.32. The number of ketones is 1. The molecule has 0 bridgehead atoms. The number of Topliss-reactive ketones (excluding diaryl/α,β-unsaturated/α-hetero) is 1. The van der Waals surface area contributed by atoms with Crippen LogP contribution in [0.4, 0.5) is 0 Å². The molecule has 0 aliphatic carbocycles. The number of rotatable bonds is 3. The van der Waals surface area contributed by atoms with E-state index in [1.165, 1.54) is 17.1 Å². The van der Waals surface area contributed by atoms with Crippen molar-refractivity contribution in [3.05, 3.63) is 53.6 Å². The summed E-state index contributed by atoms with van der Waals surface area (Å²) >= 11 is 11.7. The first-order valence-corrected chi connectivity index (χ1v) is 5.42. The molecule has 16 heavy (non-hydrogen) atoms. The molecule has 0 amide bonds. The summed E-state index contributed by atoms with van der Waals surface area (Å²) in [6.07, 6.45) is 2.95. The molecular weight excluding hydrogens is 247 g/mol. The van der Waals surface area contributed by atoms with Crippen molar-refractivity contribution in [1.29, 1.82) is 0 Å². The van der Waals surface area contributed by atoms with Crippen LogP contribution in [-0.2, 0) is 0 Å². The lowest BCUT2D eigenvalue weighted by Crippen LogP contribution is -2.12. The smallest absolute Gasteiger partial charge is 0.200 e. The van der Waals surface area contributed by atoms with Gasteiger partial charge in [-0.05, 0) is 0 Å². The molecule has 0 aliphatic rings. The third kappa shape index (κ3) is 2.26. The number of alkyl halides is 1. The maximum absolute atomic E-state index is 11.9. The van der Waals surface area contributed by atoms with Gasteiger partial charge >= 0.3 is 0 Å². The highest BCUT2D eigenvalue weighted by atomic mass is 35.5. The molecule has 0 spiro atoms. The van der Waals surface area contributed by atoms with Crippen LogP contribution >= 0.6 is 23.2 Å². The zero-order valence-electron chi connectivity index (χ0n) is 8.18. The van der Waals surface area contributed by atoms with Crippen molar-refractivity contribution in [2.45, 2.75) is 5.50 Å². The Morgan fingerprint density at radius 3 is 2.56 bits per heavy atom. The van der Waals surface area contributed by atoms with Crippen LogP contribution in [0.1, 0.15) is 15.9 Å². The van der Waals surface area contributed by atoms with Gasteiger partial charge in [-0.15, -0.1) is 0 Å². The summed E-state index contributed by atoms with van der Waals surface area (Å²) in [6.45, 7) is 0. The van der Waals surface area contributed by atoms with Crippen LogP contribution in [0.2, 0.25) is 5.15 Å². The summed E-state index contributed by atoms with van der Waals surface area (Å²) in [6, 6.07) is 8.86. The second-order valence-electron chi connectivity index (χ2n) is 3.21. The standard InChI is InChI=1S/C11H8Cl2N2O/c12-9-6-15(7-14-9)11(13)10(16)8-4-2-1-3-5-8/h1-7,11H/t11-/m1/s1. The van der Waals surface area contributed by atoms with Crippen molar-refractivity contribution in [3.8, 4) is 0 Å². The molecule has 82 valence electrons. The maximum Gasteiger partial charge on any atom is 0.200 e. The fourth-order valence-corrected chi connectivity index (χ4v) is 1.70. The number of nitrogens with zero attached hydrogens (tertiary/aromatic N) is 2. The Morgan fingerprint density at radius 2 is 2.00 bits per heavy atom. The minimum Gasteiger partial charge on any atom is -0.312 e. The van der Waals surface area contributed by atoms with E-state index in [0.717, 1.165) is 0 Å². The van der Waals surface area contributed by atoms with Crippen molar-refractivity contribution in [3.63, 3.8) is 0 Å². The Kier molecular flexibility index (Phi) is 3.27. The fraction of sp³-hybridized carbons (Fsp3) is 0.0909. The van der Waals surface area contributed by atoms with E-state index in [9.17, 15) is 4.79 Å². The van der Waals surface area contributed by atoms with E-state index in [0.29, 0.717) is 10.7 Å². The number of hydrogen-bond donors (Lipinski definition) is 0. The van der Waals surface area contributed by atoms with E-state index in [-0.39, 0.29) is 5.78 Å². The summed E-state index contributed by atoms with van der Waals surface area (Å²) < 4.78 is 1.47. The van der Waals surface area contributed by atoms with Crippen molar-refractivity contribution >= 4 is 29.0 Å². The van der Waals surface area contributed by atoms with Crippen molar-refractivity contribution < 1.29 is 4.79 Å². The van der Waals surface area contributed by atoms with Crippen molar-refractivity contribution in [2.75, 3.05) is 0 Å². The molecule has 1 atom stereocenters. The highest BCUT2D eigenvalue weighted by Crippen LogP contribution is 2.20. The number of carbonyl (C=O) groups excluding carboxylic acids is 1. The monoisotopic (exact) mass is 254 g/mol. The molecule has 0 saturated carbocycles. The van der Waals surface area contributed by atoms with Crippen LogP contribution in [0.3, 0.4) is 0 Å². The van der Waals surface area contributed by atoms with Gasteiger partial charge < -0.3 is 4.57 Å². The molecule has 5 heteroatoms. The third-order valence-corrected chi connectivity index (χ3v) is 2.73. The number of halogens is 2. The SMILES string of the molecule is O=C(c1ccccc1)[C@H](Cl)n1cnc(Cl)c1. The molecular formula is C11H8Cl2N2O. The first-order valence-electron chi connectivity index (χ1n) is 4.61. The zero-order chi connectivity index (χ0) is 11.5. The Bertz CT molecular complexity index is 496. The van der Waals surface area contributed by atoms with E-state index < -0.39 is 5.50 Å². The van der Waals surface area contributed by atoms with Crippen LogP contribution in [-0.4, -0.2) is 15.3 Å². The zero-order valence-corrected chi connectivity index (χ0v) is 9.69. The molecule has 0 N–H and O–H groups in total. The van der Waals surface area contributed by atoms with Gasteiger partial charge in [0.1, 0.15) is 5.15 Å². The molecule has 1 aromatic carbocycles. The van der Waals surface area contributed by atoms with E-state index in [1.54, 1.807) is 24.3 Å². The first kappa shape index (κ1) is 11.2. The number of hydrogen-bond acceptors (Lipinski definition) is 2. The van der Waals surface area contributed by atoms with Gasteiger partial charge in [-0.1, -0.05) is 53.5 Å². The van der Waals surface area contributed by atoms with Crippen LogP contribution in [0.25, 0.3) is 0 Å². The summed E-state index contributed by atoms with van der Waals surface area (Å²) in [5.74, 6) is -0.184. The van der Waals surface area contributed by atoms with Gasteiger partial charge in [0.15, 0.2) is 5.50 Å². The van der Waals surface area contributed by atoms with Gasteiger partial charge in [-0.2, -0.15) is 0 Å². The molecule has 0 aliphatic heterocycles. The third-order valence-electron chi connectivity index (χ3n) is 2.11. The summed E-state index contributed by atoms with van der Waals surface area (Å²) in [5.41, 5.74) is -0.255. The largest absolute Gasteiger partial charge is 0.312 e. The summed E-state index contributed by atoms with van der Waals surface area (Å²) in [7, 11) is 0. The molecule has 0 saturated heterocycles. The lowest BCUT2D eigenvalue weighted by atomic mass is 10.1. The Labute approximate surface area is 103 Å². The molecule has 1 aromatic heterocycles. The molecule has 0 unspecified atom stereocenters. The van der Waals surface area contributed by atoms with Gasteiger partial charge in [0.25, 0.3) is 0 Å². The number of benzene rings is 1. The lowest BCUT2D eigenvalue weighted by molar-refractivity contribution is 0.0964. The predicted octanol–water partition coefficient (Wildman–Crippen LogP) is 3.16. The minimum absolute atomic E-state index is 0.184. The van der Waals surface area contributed by atoms with E-state index in [1.807, 2.05) is 6.07 Å². The maximum atomic E-state index is 11.9. The van der Waals surface area contributed by atoms with Crippen molar-refractivity contribution in [1.82, 2.24) is 9.55 Å². The first-order chi connectivity index (χ1) is 7.68. The average Bonchev–Trinajstić information content (AvgIpc) is 2.75. The van der Waals surface area contributed by atoms with Crippen LogP contribution in [0.5, 0.6) is 0 Å². The minimum atomic E-state index is -0.817. The van der Waals surface area contributed by atoms with Gasteiger partial charge in [0.2, 0.25) is 5.78 Å². The molecule has 1 heterocycles. The number of aromatic nitrogens is 2. The van der Waals surface area contributed by atoms with E-state index >= 15 is 0 Å². The second kappa shape index (κ2) is 4.68. The molecule has 3 nitrogen and oxygen atoms in total. The van der Waals surface area contributed by atoms with Gasteiger partial charge in [0, 0.05) is 11.8 Å².